The van der Waals surface area contributed by atoms with Gasteiger partial charge in [0.2, 0.25) is 0 Å². The molecule has 2 aromatic heterocycles. The summed E-state index contributed by atoms with van der Waals surface area (Å²) in [7, 11) is 0. The van der Waals surface area contributed by atoms with Gasteiger partial charge < -0.3 is 10.1 Å². The number of ether oxygens (including phenoxy) is 1. The lowest BCUT2D eigenvalue weighted by molar-refractivity contribution is -0.0532. The number of likely N-dealkylation sites (tertiary alicyclic amines) is 1. The summed E-state index contributed by atoms with van der Waals surface area (Å²) >= 11 is 1.77. The van der Waals surface area contributed by atoms with Crippen LogP contribution in [0.2, 0.25) is 0 Å². The van der Waals surface area contributed by atoms with Crippen molar-refractivity contribution in [1.29, 1.82) is 0 Å². The van der Waals surface area contributed by atoms with Gasteiger partial charge in [-0.3, -0.25) is 4.90 Å². The number of hydrogen-bond acceptors (Lipinski definition) is 6. The Labute approximate surface area is 147 Å². The highest BCUT2D eigenvalue weighted by Gasteiger charge is 2.43. The molecule has 24 heavy (non-hydrogen) atoms. The van der Waals surface area contributed by atoms with Gasteiger partial charge in [-0.1, -0.05) is 0 Å². The highest BCUT2D eigenvalue weighted by Crippen LogP contribution is 2.36. The van der Waals surface area contributed by atoms with E-state index in [0.717, 1.165) is 44.0 Å². The fourth-order valence-electron chi connectivity index (χ4n) is 3.87. The molecule has 2 aliphatic rings. The van der Waals surface area contributed by atoms with E-state index in [1.807, 2.05) is 19.1 Å². The normalized spacial score (nSPS) is 27.6. The van der Waals surface area contributed by atoms with Crippen molar-refractivity contribution < 1.29 is 4.74 Å². The zero-order chi connectivity index (χ0) is 16.4. The Morgan fingerprint density at radius 3 is 3.12 bits per heavy atom. The molecule has 1 spiro atoms. The first kappa shape index (κ1) is 16.0. The summed E-state index contributed by atoms with van der Waals surface area (Å²) in [5.74, 6) is 0.845. The average molecular weight is 344 g/mol. The molecule has 128 valence electrons. The molecule has 2 saturated heterocycles. The maximum Gasteiger partial charge on any atom is 0.148 e. The van der Waals surface area contributed by atoms with Crippen molar-refractivity contribution in [1.82, 2.24) is 15.1 Å². The minimum absolute atomic E-state index is 0.00403. The number of piperidine rings is 1. The molecule has 0 bridgehead atoms. The summed E-state index contributed by atoms with van der Waals surface area (Å²) in [6.45, 7) is 5.94. The molecular weight excluding hydrogens is 320 g/mol. The van der Waals surface area contributed by atoms with Crippen LogP contribution in [0.3, 0.4) is 0 Å². The van der Waals surface area contributed by atoms with E-state index in [2.05, 4.69) is 37.2 Å². The van der Waals surface area contributed by atoms with Gasteiger partial charge >= 0.3 is 0 Å². The first-order valence-corrected chi connectivity index (χ1v) is 9.59. The summed E-state index contributed by atoms with van der Waals surface area (Å²) in [5, 5.41) is 16.2. The van der Waals surface area contributed by atoms with E-state index in [1.54, 1.807) is 11.3 Å². The Morgan fingerprint density at radius 1 is 1.38 bits per heavy atom. The summed E-state index contributed by atoms with van der Waals surface area (Å²) in [6, 6.07) is 6.53. The van der Waals surface area contributed by atoms with E-state index < -0.39 is 0 Å². The molecule has 2 unspecified atom stereocenters. The largest absolute Gasteiger partial charge is 0.371 e. The third-order valence-corrected chi connectivity index (χ3v) is 5.70. The second-order valence-corrected chi connectivity index (χ2v) is 7.83. The van der Waals surface area contributed by atoms with Gasteiger partial charge in [0.1, 0.15) is 5.82 Å². The molecule has 2 aliphatic heterocycles. The molecule has 5 nitrogen and oxygen atoms in total. The Hall–Kier alpha value is -1.50. The molecule has 2 aromatic rings. The Kier molecular flexibility index (Phi) is 4.52. The van der Waals surface area contributed by atoms with Gasteiger partial charge in [-0.25, -0.2) is 0 Å². The molecule has 0 saturated carbocycles. The number of rotatable bonds is 4. The zero-order valence-corrected chi connectivity index (χ0v) is 14.9. The first-order chi connectivity index (χ1) is 11.7. The second-order valence-electron chi connectivity index (χ2n) is 7.05. The average Bonchev–Trinajstić information content (AvgIpc) is 3.21. The van der Waals surface area contributed by atoms with E-state index in [4.69, 9.17) is 4.74 Å². The summed E-state index contributed by atoms with van der Waals surface area (Å²) in [4.78, 5) is 2.54. The van der Waals surface area contributed by atoms with Gasteiger partial charge in [-0.15, -0.1) is 5.10 Å². The van der Waals surface area contributed by atoms with Crippen molar-refractivity contribution in [3.8, 4) is 0 Å². The van der Waals surface area contributed by atoms with Crippen molar-refractivity contribution in [3.63, 3.8) is 0 Å². The highest BCUT2D eigenvalue weighted by atomic mass is 32.1. The predicted octanol–water partition coefficient (Wildman–Crippen LogP) is 3.08. The van der Waals surface area contributed by atoms with Gasteiger partial charge in [-0.05, 0) is 60.8 Å². The van der Waals surface area contributed by atoms with E-state index >= 15 is 0 Å². The maximum atomic E-state index is 6.29. The van der Waals surface area contributed by atoms with E-state index in [9.17, 15) is 0 Å². The predicted molar refractivity (Wildman–Crippen MR) is 96.3 cm³/mol. The fraction of sp³-hybridized carbons (Fsp3) is 0.556. The standard InChI is InChI=1S/C18H24N4OS/c1-14-3-4-17(21-20-14)19-16-9-18(23-11-16)6-2-7-22(13-18)10-15-5-8-24-12-15/h3-5,8,12,16H,2,6-7,9-11,13H2,1H3,(H,19,21). The molecule has 6 heteroatoms. The molecule has 4 heterocycles. The molecule has 0 aromatic carbocycles. The van der Waals surface area contributed by atoms with Gasteiger partial charge in [0.05, 0.1) is 23.9 Å². The van der Waals surface area contributed by atoms with Crippen LogP contribution in [-0.4, -0.2) is 46.4 Å². The van der Waals surface area contributed by atoms with Gasteiger partial charge in [0.15, 0.2) is 0 Å². The summed E-state index contributed by atoms with van der Waals surface area (Å²) < 4.78 is 6.29. The fourth-order valence-corrected chi connectivity index (χ4v) is 4.53. The van der Waals surface area contributed by atoms with Crippen LogP contribution in [0.1, 0.15) is 30.5 Å². The number of hydrogen-bond donors (Lipinski definition) is 1. The van der Waals surface area contributed by atoms with Crippen LogP contribution in [0, 0.1) is 6.92 Å². The van der Waals surface area contributed by atoms with Crippen LogP contribution in [0.15, 0.2) is 29.0 Å². The van der Waals surface area contributed by atoms with Crippen LogP contribution < -0.4 is 5.32 Å². The number of aryl methyl sites for hydroxylation is 1. The maximum absolute atomic E-state index is 6.29. The number of aromatic nitrogens is 2. The van der Waals surface area contributed by atoms with Crippen LogP contribution in [0.4, 0.5) is 5.82 Å². The topological polar surface area (TPSA) is 50.3 Å². The zero-order valence-electron chi connectivity index (χ0n) is 14.1. The van der Waals surface area contributed by atoms with Crippen LogP contribution in [0.25, 0.3) is 0 Å². The number of nitrogens with one attached hydrogen (secondary N) is 1. The molecule has 0 amide bonds. The molecule has 2 atom stereocenters. The molecule has 0 aliphatic carbocycles. The first-order valence-electron chi connectivity index (χ1n) is 8.65. The number of anilines is 1. The lowest BCUT2D eigenvalue weighted by Gasteiger charge is -2.39. The lowest BCUT2D eigenvalue weighted by atomic mass is 9.88. The van der Waals surface area contributed by atoms with E-state index in [-0.39, 0.29) is 5.60 Å². The van der Waals surface area contributed by atoms with Gasteiger partial charge in [0, 0.05) is 19.5 Å². The second kappa shape index (κ2) is 6.78. The van der Waals surface area contributed by atoms with Crippen molar-refractivity contribution in [2.75, 3.05) is 25.0 Å². The van der Waals surface area contributed by atoms with Crippen molar-refractivity contribution in [2.45, 2.75) is 44.4 Å². The van der Waals surface area contributed by atoms with Crippen LogP contribution in [0.5, 0.6) is 0 Å². The summed E-state index contributed by atoms with van der Waals surface area (Å²) in [6.07, 6.45) is 3.41. The highest BCUT2D eigenvalue weighted by molar-refractivity contribution is 7.07. The molecule has 1 N–H and O–H groups in total. The van der Waals surface area contributed by atoms with Gasteiger partial charge in [0.25, 0.3) is 0 Å². The lowest BCUT2D eigenvalue weighted by Crippen LogP contribution is -2.47. The van der Waals surface area contributed by atoms with Crippen molar-refractivity contribution in [3.05, 3.63) is 40.2 Å². The third-order valence-electron chi connectivity index (χ3n) is 4.96. The van der Waals surface area contributed by atoms with Crippen LogP contribution in [-0.2, 0) is 11.3 Å². The van der Waals surface area contributed by atoms with E-state index in [0.29, 0.717) is 6.04 Å². The molecule has 2 fully saturated rings. The van der Waals surface area contributed by atoms with Gasteiger partial charge in [-0.2, -0.15) is 16.4 Å². The van der Waals surface area contributed by atoms with Crippen LogP contribution >= 0.6 is 11.3 Å². The third kappa shape index (κ3) is 3.61. The Bertz CT molecular complexity index is 660. The molecular formula is C18H24N4OS. The molecule has 4 rings (SSSR count). The number of thiophene rings is 1. The quantitative estimate of drug-likeness (QED) is 0.924. The van der Waals surface area contributed by atoms with Crippen molar-refractivity contribution >= 4 is 17.2 Å². The Balaban J connectivity index is 1.36. The number of nitrogens with zero attached hydrogens (tertiary/aromatic N) is 3. The van der Waals surface area contributed by atoms with E-state index in [1.165, 1.54) is 18.5 Å². The minimum atomic E-state index is 0.00403. The summed E-state index contributed by atoms with van der Waals surface area (Å²) in [5.41, 5.74) is 2.36. The molecule has 0 radical (unpaired) electrons. The van der Waals surface area contributed by atoms with Crippen molar-refractivity contribution in [2.24, 2.45) is 0 Å². The minimum Gasteiger partial charge on any atom is -0.371 e. The Morgan fingerprint density at radius 2 is 2.33 bits per heavy atom. The smallest absolute Gasteiger partial charge is 0.148 e. The monoisotopic (exact) mass is 344 g/mol. The SMILES string of the molecule is Cc1ccc(NC2COC3(CCCN(Cc4ccsc4)C3)C2)nn1.